The van der Waals surface area contributed by atoms with E-state index in [0.717, 1.165) is 89.3 Å². The second kappa shape index (κ2) is 54.7. The lowest BCUT2D eigenvalue weighted by molar-refractivity contribution is -0.137. The van der Waals surface area contributed by atoms with E-state index in [1.807, 2.05) is 60.7 Å². The Balaban J connectivity index is 1.19. The molecule has 0 radical (unpaired) electrons. The molecule has 0 spiro atoms. The summed E-state index contributed by atoms with van der Waals surface area (Å²) in [4.78, 5) is 85.3. The molecule has 2 aliphatic rings. The Morgan fingerprint density at radius 1 is 0.347 bits per heavy atom. The normalized spacial score (nSPS) is 12.9. The number of fused-ring (bicyclic) bond motifs is 8. The first kappa shape index (κ1) is 97.7. The summed E-state index contributed by atoms with van der Waals surface area (Å²) in [6, 6.07) is 28.4. The van der Waals surface area contributed by atoms with Crippen molar-refractivity contribution < 1.29 is 110 Å². The van der Waals surface area contributed by atoms with Gasteiger partial charge in [0.2, 0.25) is 23.6 Å². The molecule has 31 nitrogen and oxygen atoms in total. The van der Waals surface area contributed by atoms with Gasteiger partial charge in [-0.15, -0.1) is 0 Å². The van der Waals surface area contributed by atoms with Crippen molar-refractivity contribution in [2.45, 2.75) is 116 Å². The highest BCUT2D eigenvalue weighted by molar-refractivity contribution is 5.97. The molecule has 0 unspecified atom stereocenters. The average Bonchev–Trinajstić information content (AvgIpc) is 1.59. The molecule has 0 saturated carbocycles. The summed E-state index contributed by atoms with van der Waals surface area (Å²) >= 11 is 0. The molecule has 8 rings (SSSR count). The number of carbonyl (C=O) groups excluding carboxylic acids is 4. The lowest BCUT2D eigenvalue weighted by atomic mass is 9.85. The quantitative estimate of drug-likeness (QED) is 0.0175. The van der Waals surface area contributed by atoms with E-state index >= 15 is 0 Å². The highest BCUT2D eigenvalue weighted by Crippen LogP contribution is 2.44. The number of nitrogens with one attached hydrogen (secondary N) is 6. The molecular weight excluding hydrogens is 1560 g/mol. The van der Waals surface area contributed by atoms with Crippen molar-refractivity contribution in [3.05, 3.63) is 136 Å². The number of rotatable bonds is 63. The highest BCUT2D eigenvalue weighted by atomic mass is 16.6. The fourth-order valence-corrected chi connectivity index (χ4v) is 13.4. The van der Waals surface area contributed by atoms with Crippen LogP contribution in [0.15, 0.2) is 84.9 Å². The lowest BCUT2D eigenvalue weighted by Gasteiger charge is -2.17. The van der Waals surface area contributed by atoms with E-state index in [2.05, 4.69) is 83.2 Å². The number of hydrogen-bond donors (Lipinski definition) is 7. The van der Waals surface area contributed by atoms with Gasteiger partial charge in [-0.1, -0.05) is 64.1 Å². The van der Waals surface area contributed by atoms with Crippen molar-refractivity contribution in [3.8, 4) is 39.1 Å². The molecule has 4 amide bonds. The fraction of sp³-hybridized carbons (Fsp3) is 0.567. The molecule has 6 aromatic rings. The smallest absolute Gasteiger partial charge is 0.303 e. The van der Waals surface area contributed by atoms with E-state index in [9.17, 15) is 29.1 Å². The summed E-state index contributed by atoms with van der Waals surface area (Å²) in [6.45, 7) is 19.9. The molecule has 8 bridgehead atoms. The second-order valence-corrected chi connectivity index (χ2v) is 30.3. The van der Waals surface area contributed by atoms with Gasteiger partial charge in [0, 0.05) is 150 Å². The van der Waals surface area contributed by atoms with E-state index < -0.39 is 16.8 Å². The van der Waals surface area contributed by atoms with Crippen LogP contribution in [0, 0.1) is 0 Å². The van der Waals surface area contributed by atoms with E-state index in [1.54, 1.807) is 35.5 Å². The van der Waals surface area contributed by atoms with Gasteiger partial charge in [-0.2, -0.15) is 0 Å². The van der Waals surface area contributed by atoms with Crippen molar-refractivity contribution in [2.24, 2.45) is 0 Å². The number of amides is 4. The van der Waals surface area contributed by atoms with Crippen LogP contribution in [0.25, 0.3) is 55.4 Å². The van der Waals surface area contributed by atoms with Gasteiger partial charge >= 0.3 is 5.97 Å². The van der Waals surface area contributed by atoms with Gasteiger partial charge in [0.1, 0.15) is 0 Å². The molecule has 666 valence electrons. The monoisotopic (exact) mass is 1690 g/mol. The van der Waals surface area contributed by atoms with Crippen molar-refractivity contribution in [2.75, 3.05) is 221 Å². The third-order valence-corrected chi connectivity index (χ3v) is 19.8. The first-order valence-electron chi connectivity index (χ1n) is 41.7. The first-order chi connectivity index (χ1) is 58.8. The maximum atomic E-state index is 13.7. The molecule has 0 fully saturated rings. The first-order valence-corrected chi connectivity index (χ1v) is 41.7. The minimum absolute atomic E-state index is 0.0455. The van der Waals surface area contributed by atoms with Gasteiger partial charge in [-0.3, -0.25) is 33.9 Å². The Morgan fingerprint density at radius 3 is 0.967 bits per heavy atom. The van der Waals surface area contributed by atoms with E-state index in [4.69, 9.17) is 90.5 Å². The van der Waals surface area contributed by atoms with Crippen LogP contribution >= 0.6 is 0 Å². The molecule has 0 aliphatic carbocycles. The topological polar surface area (TPSA) is 368 Å². The number of H-pyrrole nitrogens is 2. The Hall–Kier alpha value is -8.71. The molecular formula is C90H128N8O23. The van der Waals surface area contributed by atoms with Crippen molar-refractivity contribution in [1.82, 2.24) is 41.2 Å². The number of benzene rings is 3. The van der Waals surface area contributed by atoms with Crippen LogP contribution in [0.1, 0.15) is 110 Å². The van der Waals surface area contributed by atoms with Gasteiger partial charge in [0.25, 0.3) is 0 Å². The molecule has 0 saturated heterocycles. The molecule has 2 aliphatic heterocycles. The van der Waals surface area contributed by atoms with Crippen molar-refractivity contribution >= 4 is 51.7 Å². The zero-order valence-corrected chi connectivity index (χ0v) is 72.2. The molecule has 31 heteroatoms. The summed E-state index contributed by atoms with van der Waals surface area (Å²) in [5, 5.41) is 22.2. The van der Waals surface area contributed by atoms with E-state index in [1.165, 1.54) is 0 Å². The Kier molecular flexibility index (Phi) is 44.2. The summed E-state index contributed by atoms with van der Waals surface area (Å²) < 4.78 is 94.2. The van der Waals surface area contributed by atoms with Crippen LogP contribution in [0.3, 0.4) is 0 Å². The van der Waals surface area contributed by atoms with Gasteiger partial charge < -0.3 is 117 Å². The Bertz CT molecular complexity index is 4180. The number of hydrogen-bond acceptors (Lipinski definition) is 24. The molecule has 3 aromatic carbocycles. The van der Waals surface area contributed by atoms with Crippen LogP contribution in [-0.2, 0) is 156 Å². The SMILES string of the molecule is COCCOCCOCCOCCC(=O)NCc1cc(CNC(=O)CCOCCOCCOCCOC)cc(-c2cc3cc4nc(c(-c5ccc(CCC(=O)O)cc5)c5[nH]c(cc6nc(c(OC)c2[nH]3)CC6(C)C)cc5-c2cc(CNC(=O)CCOCCOCCOCCOC)cc(CNC(=O)CCOCCOCCOCCOC)c2)CC4(C)C)c1. The number of ether oxygens (including phenoxy) is 17. The number of aromatic nitrogens is 4. The van der Waals surface area contributed by atoms with Crippen LogP contribution in [-0.4, -0.2) is 275 Å². The minimum Gasteiger partial charge on any atom is -0.493 e. The Morgan fingerprint density at radius 2 is 0.645 bits per heavy atom. The molecule has 7 N–H and O–H groups in total. The predicted molar refractivity (Wildman–Crippen MR) is 456 cm³/mol. The van der Waals surface area contributed by atoms with Crippen molar-refractivity contribution in [3.63, 3.8) is 0 Å². The van der Waals surface area contributed by atoms with Gasteiger partial charge in [-0.05, 0) is 99.5 Å². The summed E-state index contributed by atoms with van der Waals surface area (Å²) in [7, 11) is 8.11. The number of carboxylic acid groups (broad SMARTS) is 1. The van der Waals surface area contributed by atoms with Gasteiger partial charge in [0.05, 0.1) is 215 Å². The van der Waals surface area contributed by atoms with E-state index in [0.29, 0.717) is 200 Å². The number of methoxy groups -OCH3 is 5. The summed E-state index contributed by atoms with van der Waals surface area (Å²) in [5.74, 6) is -1.26. The highest BCUT2D eigenvalue weighted by Gasteiger charge is 2.34. The summed E-state index contributed by atoms with van der Waals surface area (Å²) in [5.41, 5.74) is 13.3. The third-order valence-electron chi connectivity index (χ3n) is 19.8. The number of aromatic amines is 2. The number of nitrogens with zero attached hydrogens (tertiary/aromatic N) is 2. The Labute approximate surface area is 710 Å². The largest absolute Gasteiger partial charge is 0.493 e. The van der Waals surface area contributed by atoms with Crippen LogP contribution in [0.5, 0.6) is 5.75 Å². The van der Waals surface area contributed by atoms with Crippen LogP contribution in [0.2, 0.25) is 0 Å². The maximum absolute atomic E-state index is 13.7. The predicted octanol–water partition coefficient (Wildman–Crippen LogP) is 9.19. The second-order valence-electron chi connectivity index (χ2n) is 30.3. The lowest BCUT2D eigenvalue weighted by Crippen LogP contribution is -2.25. The number of aryl methyl sites for hydroxylation is 1. The average molecular weight is 1690 g/mol. The fourth-order valence-electron chi connectivity index (χ4n) is 13.4. The molecule has 5 heterocycles. The van der Waals surface area contributed by atoms with Gasteiger partial charge in [-0.25, -0.2) is 0 Å². The minimum atomic E-state index is -0.900. The zero-order valence-electron chi connectivity index (χ0n) is 72.2. The molecule has 121 heavy (non-hydrogen) atoms. The molecule has 0 atom stereocenters. The molecule has 3 aromatic heterocycles. The van der Waals surface area contributed by atoms with Gasteiger partial charge in [0.15, 0.2) is 5.75 Å². The summed E-state index contributed by atoms with van der Waals surface area (Å²) in [6.07, 6.45) is 1.66. The third kappa shape index (κ3) is 35.2. The van der Waals surface area contributed by atoms with Crippen LogP contribution in [0.4, 0.5) is 0 Å². The zero-order chi connectivity index (χ0) is 86.3. The number of carbonyl (C=O) groups is 5. The van der Waals surface area contributed by atoms with Crippen molar-refractivity contribution in [1.29, 1.82) is 0 Å². The van der Waals surface area contributed by atoms with E-state index in [-0.39, 0.29) is 108 Å². The standard InChI is InChI=1S/C90H128N8O23/c1-89(2)58-76-85(69-13-10-64(11-14-69)12-15-84(103)104)86-74(70-50-65(60-91-80(99)16-20-110-32-36-118-44-40-114-28-24-105-5)48-66(51-70)61-92-81(100)17-21-111-33-37-119-45-41-115-29-25-106-6)54-72(95-86)56-79-90(3,4)59-77(98-79)88(109-9)87-75(55-73(96-87)57-78(89)97-76)71-52-67(62-93-82(101)18-22-112-34-38-120-46-42-116-30-26-107-7)49-68(53-71)63-94-83(102)19-23-113-35-39-121-47-43-117-31-27-108-8/h10-11,13-14,48-57,95-96H,12,15-47,58-63H2,1-9H3,(H,91,99)(H,92,100)(H,93,101)(H,94,102)(H,103,104). The van der Waals surface area contributed by atoms with Crippen LogP contribution < -0.4 is 26.0 Å². The number of aliphatic carboxylic acids is 1. The number of carboxylic acids is 1. The maximum Gasteiger partial charge on any atom is 0.303 e.